The summed E-state index contributed by atoms with van der Waals surface area (Å²) in [5.74, 6) is -1.37. The lowest BCUT2D eigenvalue weighted by Gasteiger charge is -2.41. The average molecular weight is 233 g/mol. The summed E-state index contributed by atoms with van der Waals surface area (Å²) < 4.78 is 5.25. The Bertz CT molecular complexity index is 332. The van der Waals surface area contributed by atoms with E-state index in [4.69, 9.17) is 22.1 Å². The summed E-state index contributed by atoms with van der Waals surface area (Å²) in [6, 6.07) is -0.959. The molecule has 2 rings (SSSR count). The van der Waals surface area contributed by atoms with Crippen LogP contribution in [0.2, 0.25) is 0 Å². The van der Waals surface area contributed by atoms with Crippen molar-refractivity contribution in [1.29, 1.82) is 0 Å². The number of ether oxygens (including phenoxy) is 1. The van der Waals surface area contributed by atoms with Gasteiger partial charge >= 0.3 is 5.97 Å². The van der Waals surface area contributed by atoms with Gasteiger partial charge in [0.05, 0.1) is 4.20 Å². The molecule has 0 aromatic carbocycles. The Morgan fingerprint density at radius 1 is 1.71 bits per heavy atom. The smallest absolute Gasteiger partial charge is 0.332 e. The number of amides is 1. The third kappa shape index (κ3) is 1.09. The number of hydrogen-bond acceptors (Lipinski definition) is 5. The average Bonchev–Trinajstić information content (AvgIpc) is 2.40. The third-order valence-corrected chi connectivity index (χ3v) is 3.94. The minimum absolute atomic E-state index is 0.249. The quantitative estimate of drug-likeness (QED) is 0.521. The van der Waals surface area contributed by atoms with Gasteiger partial charge in [-0.3, -0.25) is 4.79 Å². The molecule has 2 saturated heterocycles. The van der Waals surface area contributed by atoms with Gasteiger partial charge in [0.1, 0.15) is 5.37 Å². The molecular weight excluding hydrogens is 226 g/mol. The van der Waals surface area contributed by atoms with E-state index in [9.17, 15) is 9.59 Å². The lowest BCUT2D eigenvalue weighted by atomic mass is 10.1. The number of rotatable bonds is 2. The first-order valence-electron chi connectivity index (χ1n) is 3.86. The van der Waals surface area contributed by atoms with E-state index < -0.39 is 18.1 Å². The van der Waals surface area contributed by atoms with Crippen molar-refractivity contribution in [3.8, 4) is 0 Å². The molecule has 76 valence electrons. The van der Waals surface area contributed by atoms with Crippen LogP contribution in [0.1, 0.15) is 0 Å². The maximum Gasteiger partial charge on any atom is 0.332 e. The van der Waals surface area contributed by atoms with Crippen molar-refractivity contribution in [2.24, 2.45) is 0 Å². The molecule has 2 heterocycles. The summed E-state index contributed by atoms with van der Waals surface area (Å²) in [5.41, 5.74) is 0. The van der Waals surface area contributed by atoms with E-state index in [-0.39, 0.29) is 11.3 Å². The fourth-order valence-electron chi connectivity index (χ4n) is 1.58. The first-order valence-corrected chi connectivity index (χ1v) is 5.15. The van der Waals surface area contributed by atoms with Crippen LogP contribution in [0.5, 0.6) is 0 Å². The van der Waals surface area contributed by atoms with Crippen LogP contribution in [-0.2, 0) is 14.3 Å². The highest BCUT2D eigenvalue weighted by Crippen LogP contribution is 2.42. The summed E-state index contributed by atoms with van der Waals surface area (Å²) in [6.07, 6.45) is -0.540. The van der Waals surface area contributed by atoms with Crippen LogP contribution in [0.15, 0.2) is 0 Å². The molecule has 0 aromatic rings. The van der Waals surface area contributed by atoms with Gasteiger partial charge in [0, 0.05) is 7.11 Å². The van der Waals surface area contributed by atoms with Crippen molar-refractivity contribution in [1.82, 2.24) is 4.90 Å². The van der Waals surface area contributed by atoms with Crippen LogP contribution in [0.4, 0.5) is 0 Å². The molecule has 0 aromatic heterocycles. The molecule has 14 heavy (non-hydrogen) atoms. The van der Waals surface area contributed by atoms with Gasteiger partial charge in [-0.1, -0.05) is 24.0 Å². The molecule has 0 spiro atoms. The van der Waals surface area contributed by atoms with E-state index in [1.807, 2.05) is 0 Å². The van der Waals surface area contributed by atoms with Crippen molar-refractivity contribution in [2.45, 2.75) is 17.5 Å². The Hall–Kier alpha value is -0.660. The van der Waals surface area contributed by atoms with Crippen LogP contribution in [0, 0.1) is 0 Å². The number of carboxylic acid groups (broad SMARTS) is 1. The standard InChI is InChI=1S/C7H7NO4S2/c1-12-3-4(9)8-2(6(10)11)7(13)14-5(3)8/h2-3,5H,1H3,(H,10,11)/t2?,3?,5-/m0/s1. The summed E-state index contributed by atoms with van der Waals surface area (Å²) in [6.45, 7) is 0. The second-order valence-electron chi connectivity index (χ2n) is 2.97. The van der Waals surface area contributed by atoms with Crippen LogP contribution in [-0.4, -0.2) is 50.7 Å². The Morgan fingerprint density at radius 2 is 2.36 bits per heavy atom. The van der Waals surface area contributed by atoms with Gasteiger partial charge in [-0.05, 0) is 0 Å². The number of methoxy groups -OCH3 is 1. The predicted octanol–water partition coefficient (Wildman–Crippen LogP) is -0.303. The van der Waals surface area contributed by atoms with Crippen molar-refractivity contribution in [3.05, 3.63) is 0 Å². The van der Waals surface area contributed by atoms with Gasteiger partial charge < -0.3 is 14.7 Å². The first kappa shape index (κ1) is 9.88. The SMILES string of the molecule is COC1C(=O)N2C(C(=O)O)C(=S)S[C@@H]12. The highest BCUT2D eigenvalue weighted by Gasteiger charge is 2.59. The van der Waals surface area contributed by atoms with E-state index >= 15 is 0 Å². The maximum atomic E-state index is 11.4. The highest BCUT2D eigenvalue weighted by molar-refractivity contribution is 8.24. The van der Waals surface area contributed by atoms with Crippen LogP contribution in [0.3, 0.4) is 0 Å². The predicted molar refractivity (Wildman–Crippen MR) is 53.0 cm³/mol. The molecule has 0 bridgehead atoms. The number of thiocarbonyl (C=S) groups is 1. The number of carbonyl (C=O) groups excluding carboxylic acids is 1. The second kappa shape index (κ2) is 3.18. The molecule has 2 aliphatic rings. The fourth-order valence-corrected chi connectivity index (χ4v) is 3.37. The Balaban J connectivity index is 2.23. The Kier molecular flexibility index (Phi) is 2.24. The monoisotopic (exact) mass is 233 g/mol. The Labute approximate surface area is 89.4 Å². The van der Waals surface area contributed by atoms with Crippen LogP contribution in [0.25, 0.3) is 0 Å². The van der Waals surface area contributed by atoms with E-state index in [0.717, 1.165) is 0 Å². The van der Waals surface area contributed by atoms with Gasteiger partial charge in [0.15, 0.2) is 12.1 Å². The van der Waals surface area contributed by atoms with Crippen LogP contribution >= 0.6 is 24.0 Å². The summed E-state index contributed by atoms with van der Waals surface area (Å²) >= 11 is 6.12. The molecule has 0 aliphatic carbocycles. The molecule has 1 N–H and O–H groups in total. The normalized spacial score (nSPS) is 35.5. The van der Waals surface area contributed by atoms with Crippen molar-refractivity contribution >= 4 is 40.1 Å². The van der Waals surface area contributed by atoms with Crippen molar-refractivity contribution < 1.29 is 19.4 Å². The van der Waals surface area contributed by atoms with Gasteiger partial charge in [0.25, 0.3) is 5.91 Å². The topological polar surface area (TPSA) is 66.8 Å². The lowest BCUT2D eigenvalue weighted by Crippen LogP contribution is -2.65. The molecule has 7 heteroatoms. The largest absolute Gasteiger partial charge is 0.479 e. The number of carbonyl (C=O) groups is 2. The number of thioether (sulfide) groups is 1. The minimum Gasteiger partial charge on any atom is -0.479 e. The molecule has 2 fully saturated rings. The number of hydrogen-bond donors (Lipinski definition) is 1. The Morgan fingerprint density at radius 3 is 2.86 bits per heavy atom. The van der Waals surface area contributed by atoms with Gasteiger partial charge in [0.2, 0.25) is 0 Å². The highest BCUT2D eigenvalue weighted by atomic mass is 32.2. The third-order valence-electron chi connectivity index (χ3n) is 2.26. The van der Waals surface area contributed by atoms with E-state index in [0.29, 0.717) is 4.20 Å². The summed E-state index contributed by atoms with van der Waals surface area (Å²) in [4.78, 5) is 23.5. The minimum atomic E-state index is -1.08. The number of aliphatic carboxylic acids is 1. The van der Waals surface area contributed by atoms with E-state index in [1.54, 1.807) is 0 Å². The summed E-state index contributed by atoms with van der Waals surface area (Å²) in [5, 5.41) is 8.60. The molecular formula is C7H7NO4S2. The van der Waals surface area contributed by atoms with Crippen molar-refractivity contribution in [3.63, 3.8) is 0 Å². The molecule has 1 amide bonds. The number of β-lactam (4-membered cyclic amide) rings is 1. The lowest BCUT2D eigenvalue weighted by molar-refractivity contribution is -0.168. The van der Waals surface area contributed by atoms with E-state index in [2.05, 4.69) is 0 Å². The number of carboxylic acids is 1. The molecule has 5 nitrogen and oxygen atoms in total. The zero-order valence-electron chi connectivity index (χ0n) is 7.17. The summed E-state index contributed by atoms with van der Waals surface area (Å²) in [7, 11) is 1.43. The number of nitrogens with zero attached hydrogens (tertiary/aromatic N) is 1. The zero-order chi connectivity index (χ0) is 10.5. The molecule has 0 radical (unpaired) electrons. The second-order valence-corrected chi connectivity index (χ2v) is 4.83. The van der Waals surface area contributed by atoms with Crippen molar-refractivity contribution in [2.75, 3.05) is 7.11 Å². The molecule has 2 aliphatic heterocycles. The van der Waals surface area contributed by atoms with Gasteiger partial charge in [-0.2, -0.15) is 0 Å². The molecule has 3 atom stereocenters. The molecule has 2 unspecified atom stereocenters. The zero-order valence-corrected chi connectivity index (χ0v) is 8.80. The fraction of sp³-hybridized carbons (Fsp3) is 0.571. The van der Waals surface area contributed by atoms with Gasteiger partial charge in [-0.25, -0.2) is 4.79 Å². The first-order chi connectivity index (χ1) is 6.57. The van der Waals surface area contributed by atoms with E-state index in [1.165, 1.54) is 23.8 Å². The molecule has 0 saturated carbocycles. The van der Waals surface area contributed by atoms with Gasteiger partial charge in [-0.15, -0.1) is 0 Å². The van der Waals surface area contributed by atoms with Crippen LogP contribution < -0.4 is 0 Å². The maximum absolute atomic E-state index is 11.4. The number of fused-ring (bicyclic) bond motifs is 1.